The summed E-state index contributed by atoms with van der Waals surface area (Å²) in [6.45, 7) is 5.26. The van der Waals surface area contributed by atoms with Gasteiger partial charge in [0, 0.05) is 18.1 Å². The summed E-state index contributed by atoms with van der Waals surface area (Å²) in [4.78, 5) is 0. The minimum atomic E-state index is -2.87. The van der Waals surface area contributed by atoms with E-state index in [-0.39, 0.29) is 11.8 Å². The van der Waals surface area contributed by atoms with Crippen molar-refractivity contribution < 1.29 is 8.42 Å². The van der Waals surface area contributed by atoms with E-state index in [1.807, 2.05) is 0 Å². The van der Waals surface area contributed by atoms with Gasteiger partial charge < -0.3 is 5.32 Å². The predicted octanol–water partition coefficient (Wildman–Crippen LogP) is 3.11. The summed E-state index contributed by atoms with van der Waals surface area (Å²) in [7, 11) is -2.87. The molecule has 1 rings (SSSR count). The highest BCUT2D eigenvalue weighted by atomic mass is 32.2. The molecule has 0 aliphatic carbocycles. The molecular formula is C16H27NO2S. The zero-order valence-corrected chi connectivity index (χ0v) is 13.7. The minimum Gasteiger partial charge on any atom is -0.310 e. The van der Waals surface area contributed by atoms with Gasteiger partial charge in [-0.1, -0.05) is 38.1 Å². The summed E-state index contributed by atoms with van der Waals surface area (Å²) < 4.78 is 22.5. The van der Waals surface area contributed by atoms with Gasteiger partial charge >= 0.3 is 0 Å². The summed E-state index contributed by atoms with van der Waals surface area (Å²) in [5.41, 5.74) is 2.66. The summed E-state index contributed by atoms with van der Waals surface area (Å²) in [6.07, 6.45) is 4.97. The van der Waals surface area contributed by atoms with Crippen LogP contribution in [0.25, 0.3) is 0 Å². The summed E-state index contributed by atoms with van der Waals surface area (Å²) >= 11 is 0. The molecule has 1 unspecified atom stereocenters. The number of rotatable bonds is 9. The molecule has 114 valence electrons. The number of hydrogen-bond donors (Lipinski definition) is 1. The Kier molecular flexibility index (Phi) is 7.24. The van der Waals surface area contributed by atoms with E-state index < -0.39 is 9.84 Å². The van der Waals surface area contributed by atoms with Gasteiger partial charge in [-0.3, -0.25) is 0 Å². The summed E-state index contributed by atoms with van der Waals surface area (Å²) in [5, 5.41) is 3.55. The van der Waals surface area contributed by atoms with Crippen LogP contribution in [0.1, 0.15) is 50.3 Å². The van der Waals surface area contributed by atoms with Crippen molar-refractivity contribution in [3.63, 3.8) is 0 Å². The van der Waals surface area contributed by atoms with Crippen LogP contribution in [0, 0.1) is 0 Å². The van der Waals surface area contributed by atoms with Gasteiger partial charge in [0.15, 0.2) is 0 Å². The van der Waals surface area contributed by atoms with Gasteiger partial charge in [0.25, 0.3) is 0 Å². The van der Waals surface area contributed by atoms with Crippen LogP contribution in [0.5, 0.6) is 0 Å². The number of hydrogen-bond acceptors (Lipinski definition) is 3. The van der Waals surface area contributed by atoms with Crippen LogP contribution in [-0.2, 0) is 16.3 Å². The Bertz CT molecular complexity index is 497. The Hall–Kier alpha value is -0.870. The lowest BCUT2D eigenvalue weighted by atomic mass is 9.95. The van der Waals surface area contributed by atoms with Crippen LogP contribution >= 0.6 is 0 Å². The molecule has 0 saturated heterocycles. The van der Waals surface area contributed by atoms with Crippen LogP contribution in [0.3, 0.4) is 0 Å². The number of nitrogens with one attached hydrogen (secondary N) is 1. The molecule has 0 aliphatic heterocycles. The number of aryl methyl sites for hydroxylation is 1. The van der Waals surface area contributed by atoms with Crippen molar-refractivity contribution in [1.29, 1.82) is 0 Å². The molecule has 4 heteroatoms. The first-order valence-electron chi connectivity index (χ1n) is 7.46. The molecule has 0 saturated carbocycles. The molecule has 0 radical (unpaired) electrons. The van der Waals surface area contributed by atoms with E-state index in [2.05, 4.69) is 43.4 Å². The zero-order valence-electron chi connectivity index (χ0n) is 12.9. The minimum absolute atomic E-state index is 0.257. The molecule has 1 aromatic rings. The van der Waals surface area contributed by atoms with Gasteiger partial charge in [-0.15, -0.1) is 0 Å². The number of sulfone groups is 1. The average Bonchev–Trinajstić information content (AvgIpc) is 2.41. The van der Waals surface area contributed by atoms with Crippen molar-refractivity contribution in [2.45, 2.75) is 45.6 Å². The fourth-order valence-electron chi connectivity index (χ4n) is 2.43. The maximum absolute atomic E-state index is 11.3. The first-order chi connectivity index (χ1) is 9.48. The van der Waals surface area contributed by atoms with E-state index in [0.717, 1.165) is 25.8 Å². The molecular weight excluding hydrogens is 270 g/mol. The molecule has 1 aromatic carbocycles. The zero-order chi connectivity index (χ0) is 15.0. The average molecular weight is 297 g/mol. The molecule has 0 fully saturated rings. The first-order valence-corrected chi connectivity index (χ1v) is 9.53. The second-order valence-electron chi connectivity index (χ2n) is 5.33. The third kappa shape index (κ3) is 6.06. The van der Waals surface area contributed by atoms with E-state index in [1.165, 1.54) is 17.4 Å². The highest BCUT2D eigenvalue weighted by Crippen LogP contribution is 2.23. The second kappa shape index (κ2) is 8.42. The van der Waals surface area contributed by atoms with E-state index in [4.69, 9.17) is 0 Å². The fraction of sp³-hybridized carbons (Fsp3) is 0.625. The van der Waals surface area contributed by atoms with Gasteiger partial charge in [0.2, 0.25) is 0 Å². The molecule has 0 aliphatic rings. The number of benzene rings is 1. The highest BCUT2D eigenvalue weighted by Gasteiger charge is 2.14. The largest absolute Gasteiger partial charge is 0.310 e. The Labute approximate surface area is 123 Å². The highest BCUT2D eigenvalue weighted by molar-refractivity contribution is 7.90. The van der Waals surface area contributed by atoms with Gasteiger partial charge in [-0.05, 0) is 43.4 Å². The molecule has 0 spiro atoms. The van der Waals surface area contributed by atoms with Crippen molar-refractivity contribution in [3.8, 4) is 0 Å². The van der Waals surface area contributed by atoms with Crippen molar-refractivity contribution >= 4 is 9.84 Å². The van der Waals surface area contributed by atoms with Gasteiger partial charge in [-0.2, -0.15) is 0 Å². The quantitative estimate of drug-likeness (QED) is 0.762. The molecule has 20 heavy (non-hydrogen) atoms. The normalized spacial score (nSPS) is 13.3. The molecule has 3 nitrogen and oxygen atoms in total. The van der Waals surface area contributed by atoms with E-state index in [9.17, 15) is 8.42 Å². The Morgan fingerprint density at radius 1 is 1.20 bits per heavy atom. The summed E-state index contributed by atoms with van der Waals surface area (Å²) in [6, 6.07) is 8.70. The van der Waals surface area contributed by atoms with Crippen LogP contribution in [0.4, 0.5) is 0 Å². The molecule has 0 amide bonds. The maximum Gasteiger partial charge on any atom is 0.147 e. The third-order valence-electron chi connectivity index (χ3n) is 3.46. The van der Waals surface area contributed by atoms with Crippen LogP contribution in [-0.4, -0.2) is 27.0 Å². The van der Waals surface area contributed by atoms with Crippen molar-refractivity contribution in [1.82, 2.24) is 5.32 Å². The van der Waals surface area contributed by atoms with Crippen molar-refractivity contribution in [2.75, 3.05) is 18.6 Å². The molecule has 0 aromatic heterocycles. The summed E-state index contributed by atoms with van der Waals surface area (Å²) in [5.74, 6) is 0.269. The van der Waals surface area contributed by atoms with Gasteiger partial charge in [0.05, 0.1) is 0 Å². The molecule has 0 heterocycles. The Morgan fingerprint density at radius 2 is 1.90 bits per heavy atom. The standard InChI is InChI=1S/C16H27NO2S/c1-4-12-17-16(11-8-13-20(3,18)19)15-10-7-6-9-14(15)5-2/h6-7,9-10,16-17H,4-5,8,11-13H2,1-3H3. The van der Waals surface area contributed by atoms with E-state index >= 15 is 0 Å². The van der Waals surface area contributed by atoms with Crippen LogP contribution in [0.2, 0.25) is 0 Å². The van der Waals surface area contributed by atoms with E-state index in [1.54, 1.807) is 0 Å². The molecule has 0 bridgehead atoms. The molecule has 1 atom stereocenters. The predicted molar refractivity (Wildman–Crippen MR) is 85.8 cm³/mol. The van der Waals surface area contributed by atoms with Crippen LogP contribution < -0.4 is 5.32 Å². The lowest BCUT2D eigenvalue weighted by Crippen LogP contribution is -2.24. The van der Waals surface area contributed by atoms with Crippen molar-refractivity contribution in [3.05, 3.63) is 35.4 Å². The maximum atomic E-state index is 11.3. The van der Waals surface area contributed by atoms with Crippen molar-refractivity contribution in [2.24, 2.45) is 0 Å². The Balaban J connectivity index is 2.77. The molecule has 1 N–H and O–H groups in total. The lowest BCUT2D eigenvalue weighted by molar-refractivity contribution is 0.489. The van der Waals surface area contributed by atoms with Gasteiger partial charge in [-0.25, -0.2) is 8.42 Å². The topological polar surface area (TPSA) is 46.2 Å². The smallest absolute Gasteiger partial charge is 0.147 e. The van der Waals surface area contributed by atoms with Gasteiger partial charge in [0.1, 0.15) is 9.84 Å². The second-order valence-corrected chi connectivity index (χ2v) is 7.59. The SMILES string of the molecule is CCCNC(CCCS(C)(=O)=O)c1ccccc1CC. The lowest BCUT2D eigenvalue weighted by Gasteiger charge is -2.21. The van der Waals surface area contributed by atoms with Crippen LogP contribution in [0.15, 0.2) is 24.3 Å². The fourth-order valence-corrected chi connectivity index (χ4v) is 3.12. The Morgan fingerprint density at radius 3 is 2.50 bits per heavy atom. The monoisotopic (exact) mass is 297 g/mol. The first kappa shape index (κ1) is 17.2. The third-order valence-corrected chi connectivity index (χ3v) is 4.49. The van der Waals surface area contributed by atoms with E-state index in [0.29, 0.717) is 6.42 Å².